The second kappa shape index (κ2) is 11.6. The maximum atomic E-state index is 11.5. The van der Waals surface area contributed by atoms with E-state index in [9.17, 15) is 4.79 Å². The van der Waals surface area contributed by atoms with Crippen LogP contribution < -0.4 is 16.0 Å². The number of urea groups is 1. The van der Waals surface area contributed by atoms with Gasteiger partial charge in [0.25, 0.3) is 0 Å². The summed E-state index contributed by atoms with van der Waals surface area (Å²) in [6.07, 6.45) is 5.57. The Morgan fingerprint density at radius 3 is 2.35 bits per heavy atom. The zero-order valence-electron chi connectivity index (χ0n) is 13.7. The van der Waals surface area contributed by atoms with Gasteiger partial charge in [-0.2, -0.15) is 0 Å². The van der Waals surface area contributed by atoms with Gasteiger partial charge in [0.05, 0.1) is 0 Å². The van der Waals surface area contributed by atoms with Crippen LogP contribution in [-0.2, 0) is 0 Å². The molecule has 0 radical (unpaired) electrons. The third kappa shape index (κ3) is 8.80. The largest absolute Gasteiger partial charge is 0.393 e. The molecular formula is C15H32N4O. The van der Waals surface area contributed by atoms with Crippen LogP contribution in [0.25, 0.3) is 0 Å². The average molecular weight is 284 g/mol. The fourth-order valence-corrected chi connectivity index (χ4v) is 2.26. The fourth-order valence-electron chi connectivity index (χ4n) is 2.26. The van der Waals surface area contributed by atoms with Crippen LogP contribution in [0.1, 0.15) is 40.5 Å². The molecule has 0 rings (SSSR count). The van der Waals surface area contributed by atoms with Crippen LogP contribution in [-0.4, -0.2) is 43.7 Å². The van der Waals surface area contributed by atoms with Crippen molar-refractivity contribution in [3.8, 4) is 0 Å². The van der Waals surface area contributed by atoms with Gasteiger partial charge in [-0.15, -0.1) is 0 Å². The first kappa shape index (κ1) is 18.8. The molecular weight excluding hydrogens is 252 g/mol. The molecule has 0 aliphatic carbocycles. The van der Waals surface area contributed by atoms with Crippen LogP contribution in [0.4, 0.5) is 4.79 Å². The van der Waals surface area contributed by atoms with E-state index < -0.39 is 0 Å². The molecule has 0 aliphatic heterocycles. The maximum Gasteiger partial charge on any atom is 0.318 e. The van der Waals surface area contributed by atoms with Crippen molar-refractivity contribution in [2.45, 2.75) is 46.6 Å². The number of hydrogen-bond donors (Lipinski definition) is 3. The molecule has 5 nitrogen and oxygen atoms in total. The fraction of sp³-hybridized carbons (Fsp3) is 0.800. The first-order chi connectivity index (χ1) is 9.54. The highest BCUT2D eigenvalue weighted by Gasteiger charge is 2.15. The van der Waals surface area contributed by atoms with Crippen molar-refractivity contribution in [2.24, 2.45) is 5.92 Å². The third-order valence-electron chi connectivity index (χ3n) is 3.21. The number of hydrogen-bond acceptors (Lipinski definition) is 3. The minimum absolute atomic E-state index is 0.162. The van der Waals surface area contributed by atoms with Gasteiger partial charge in [-0.1, -0.05) is 27.7 Å². The second-order valence-electron chi connectivity index (χ2n) is 5.38. The van der Waals surface area contributed by atoms with Gasteiger partial charge in [0, 0.05) is 45.1 Å². The Morgan fingerprint density at radius 1 is 1.20 bits per heavy atom. The summed E-state index contributed by atoms with van der Waals surface area (Å²) >= 11 is 0. The maximum absolute atomic E-state index is 11.5. The van der Waals surface area contributed by atoms with Crippen molar-refractivity contribution >= 4 is 6.03 Å². The smallest absolute Gasteiger partial charge is 0.318 e. The summed E-state index contributed by atoms with van der Waals surface area (Å²) in [5.74, 6) is 0.642. The quantitative estimate of drug-likeness (QED) is 0.576. The van der Waals surface area contributed by atoms with Crippen LogP contribution in [0.3, 0.4) is 0 Å². The van der Waals surface area contributed by atoms with Crippen LogP contribution in [0, 0.1) is 5.92 Å². The lowest BCUT2D eigenvalue weighted by molar-refractivity contribution is 0.166. The number of rotatable bonds is 10. The van der Waals surface area contributed by atoms with Crippen molar-refractivity contribution in [3.05, 3.63) is 12.4 Å². The highest BCUT2D eigenvalue weighted by Crippen LogP contribution is 2.10. The zero-order valence-corrected chi connectivity index (χ0v) is 13.7. The summed E-state index contributed by atoms with van der Waals surface area (Å²) in [4.78, 5) is 14.0. The van der Waals surface area contributed by atoms with E-state index >= 15 is 0 Å². The van der Waals surface area contributed by atoms with Gasteiger partial charge in [0.2, 0.25) is 0 Å². The summed E-state index contributed by atoms with van der Waals surface area (Å²) in [5, 5.41) is 8.34. The Morgan fingerprint density at radius 2 is 1.85 bits per heavy atom. The molecule has 0 spiro atoms. The zero-order chi connectivity index (χ0) is 15.4. The normalized spacial score (nSPS) is 11.6. The summed E-state index contributed by atoms with van der Waals surface area (Å²) in [7, 11) is 1.79. The number of carbonyl (C=O) groups excluding carboxylic acids is 1. The van der Waals surface area contributed by atoms with E-state index in [1.165, 1.54) is 0 Å². The topological polar surface area (TPSA) is 56.4 Å². The van der Waals surface area contributed by atoms with Gasteiger partial charge in [-0.25, -0.2) is 4.79 Å². The van der Waals surface area contributed by atoms with Gasteiger partial charge in [0.15, 0.2) is 0 Å². The molecule has 0 unspecified atom stereocenters. The molecule has 0 heterocycles. The molecule has 0 atom stereocenters. The van der Waals surface area contributed by atoms with Crippen LogP contribution in [0.2, 0.25) is 0 Å². The minimum Gasteiger partial charge on any atom is -0.393 e. The highest BCUT2D eigenvalue weighted by molar-refractivity contribution is 5.74. The minimum atomic E-state index is -0.162. The molecule has 3 N–H and O–H groups in total. The average Bonchev–Trinajstić information content (AvgIpc) is 2.39. The second-order valence-corrected chi connectivity index (χ2v) is 5.38. The predicted octanol–water partition coefficient (Wildman–Crippen LogP) is 2.12. The van der Waals surface area contributed by atoms with Crippen molar-refractivity contribution in [3.63, 3.8) is 0 Å². The van der Waals surface area contributed by atoms with Gasteiger partial charge >= 0.3 is 6.03 Å². The van der Waals surface area contributed by atoms with Crippen molar-refractivity contribution in [1.82, 2.24) is 20.9 Å². The Labute approximate surface area is 124 Å². The molecule has 118 valence electrons. The van der Waals surface area contributed by atoms with Gasteiger partial charge in [-0.3, -0.25) is 4.90 Å². The van der Waals surface area contributed by atoms with E-state index in [0.717, 1.165) is 25.9 Å². The Kier molecular flexibility index (Phi) is 10.9. The summed E-state index contributed by atoms with van der Waals surface area (Å²) in [5.41, 5.74) is 0. The van der Waals surface area contributed by atoms with Crippen molar-refractivity contribution in [2.75, 3.05) is 26.7 Å². The molecule has 5 heteroatoms. The number of amides is 2. The molecule has 0 aliphatic rings. The lowest BCUT2D eigenvalue weighted by atomic mass is 10.1. The van der Waals surface area contributed by atoms with E-state index in [-0.39, 0.29) is 6.03 Å². The Bertz CT molecular complexity index is 275. The monoisotopic (exact) mass is 284 g/mol. The third-order valence-corrected chi connectivity index (χ3v) is 3.21. The molecule has 0 aromatic rings. The molecule has 0 aromatic heterocycles. The van der Waals surface area contributed by atoms with E-state index in [1.807, 2.05) is 0 Å². The van der Waals surface area contributed by atoms with Gasteiger partial charge in [0.1, 0.15) is 0 Å². The first-order valence-electron chi connectivity index (χ1n) is 7.65. The standard InChI is InChI=1S/C15H32N4O/c1-6-14(7-2)19(12-13(3)4)11-10-18-15(20)17-9-8-16-5/h8-9,13-14,16H,6-7,10-12H2,1-5H3,(H2,17,18,20)/b9-8-. The highest BCUT2D eigenvalue weighted by atomic mass is 16.2. The summed E-state index contributed by atoms with van der Waals surface area (Å²) in [6, 6.07) is 0.442. The van der Waals surface area contributed by atoms with E-state index in [2.05, 4.69) is 48.5 Å². The molecule has 2 amide bonds. The van der Waals surface area contributed by atoms with Crippen molar-refractivity contribution < 1.29 is 4.79 Å². The predicted molar refractivity (Wildman–Crippen MR) is 85.5 cm³/mol. The first-order valence-corrected chi connectivity index (χ1v) is 7.65. The number of nitrogens with one attached hydrogen (secondary N) is 3. The van der Waals surface area contributed by atoms with Gasteiger partial charge < -0.3 is 16.0 Å². The lowest BCUT2D eigenvalue weighted by Gasteiger charge is -2.31. The van der Waals surface area contributed by atoms with E-state index in [0.29, 0.717) is 18.5 Å². The molecule has 0 fully saturated rings. The lowest BCUT2D eigenvalue weighted by Crippen LogP contribution is -2.43. The SMILES string of the molecule is CCC(CC)N(CCNC(=O)N/C=C\NC)CC(C)C. The van der Waals surface area contributed by atoms with Gasteiger partial charge in [-0.05, 0) is 18.8 Å². The van der Waals surface area contributed by atoms with Crippen LogP contribution >= 0.6 is 0 Å². The molecule has 0 bridgehead atoms. The molecule has 0 saturated heterocycles. The molecule has 20 heavy (non-hydrogen) atoms. The molecule has 0 saturated carbocycles. The Hall–Kier alpha value is -1.23. The van der Waals surface area contributed by atoms with Crippen molar-refractivity contribution in [1.29, 1.82) is 0 Å². The van der Waals surface area contributed by atoms with Crippen LogP contribution in [0.15, 0.2) is 12.4 Å². The number of carbonyl (C=O) groups is 1. The Balaban J connectivity index is 4.12. The van der Waals surface area contributed by atoms with E-state index in [4.69, 9.17) is 0 Å². The van der Waals surface area contributed by atoms with Crippen LogP contribution in [0.5, 0.6) is 0 Å². The summed E-state index contributed by atoms with van der Waals surface area (Å²) in [6.45, 7) is 11.6. The number of nitrogens with zero attached hydrogens (tertiary/aromatic N) is 1. The summed E-state index contributed by atoms with van der Waals surface area (Å²) < 4.78 is 0. The van der Waals surface area contributed by atoms with E-state index in [1.54, 1.807) is 19.4 Å². The molecule has 0 aromatic carbocycles.